The Bertz CT molecular complexity index is 346. The molecule has 2 N–H and O–H groups in total. The van der Waals surface area contributed by atoms with Crippen molar-refractivity contribution in [3.05, 3.63) is 60.4 Å². The highest BCUT2D eigenvalue weighted by atomic mass is 16.6. The maximum Gasteiger partial charge on any atom is 0.176 e. The second-order valence-corrected chi connectivity index (χ2v) is 3.39. The van der Waals surface area contributed by atoms with E-state index in [4.69, 9.17) is 4.74 Å². The van der Waals surface area contributed by atoms with Crippen LogP contribution in [0.5, 0.6) is 0 Å². The first-order valence-corrected chi connectivity index (χ1v) is 5.12. The van der Waals surface area contributed by atoms with E-state index in [1.54, 1.807) is 12.3 Å². The number of allylic oxidation sites excluding steroid dienone is 1. The summed E-state index contributed by atoms with van der Waals surface area (Å²) in [5, 5.41) is 12.4. The third kappa shape index (κ3) is 4.77. The molecular formula is C13H17NO2. The van der Waals surface area contributed by atoms with Crippen molar-refractivity contribution >= 4 is 0 Å². The molecule has 16 heavy (non-hydrogen) atoms. The minimum atomic E-state index is -0.910. The highest BCUT2D eigenvalue weighted by Gasteiger charge is 2.00. The van der Waals surface area contributed by atoms with Crippen LogP contribution in [0.2, 0.25) is 0 Å². The molecule has 86 valence electrons. The number of rotatable bonds is 6. The van der Waals surface area contributed by atoms with Crippen LogP contribution >= 0.6 is 0 Å². The molecule has 3 nitrogen and oxygen atoms in total. The summed E-state index contributed by atoms with van der Waals surface area (Å²) in [5.41, 5.74) is 1.83. The molecular weight excluding hydrogens is 202 g/mol. The van der Waals surface area contributed by atoms with Gasteiger partial charge in [0, 0.05) is 5.70 Å². The van der Waals surface area contributed by atoms with Crippen molar-refractivity contribution < 1.29 is 9.84 Å². The lowest BCUT2D eigenvalue weighted by Crippen LogP contribution is -2.12. The van der Waals surface area contributed by atoms with Crippen LogP contribution in [0.15, 0.2) is 54.9 Å². The lowest BCUT2D eigenvalue weighted by molar-refractivity contribution is -0.0738. The van der Waals surface area contributed by atoms with Crippen molar-refractivity contribution in [2.45, 2.75) is 19.8 Å². The highest BCUT2D eigenvalue weighted by molar-refractivity contribution is 5.13. The van der Waals surface area contributed by atoms with Gasteiger partial charge in [-0.1, -0.05) is 36.9 Å². The monoisotopic (exact) mass is 219 g/mol. The fraction of sp³-hybridized carbons (Fsp3) is 0.231. The standard InChI is InChI=1S/C13H17NO2/c1-3-14-11(2)9-13(15)16-10-12-7-5-4-6-8-12/h3-9,13-15H,1,10H2,2H3/b11-9-. The van der Waals surface area contributed by atoms with Crippen LogP contribution < -0.4 is 5.32 Å². The average Bonchev–Trinajstić information content (AvgIpc) is 2.28. The number of aliphatic hydroxyl groups excluding tert-OH is 1. The molecule has 1 aromatic rings. The van der Waals surface area contributed by atoms with E-state index < -0.39 is 6.29 Å². The van der Waals surface area contributed by atoms with Crippen molar-refractivity contribution in [1.82, 2.24) is 5.32 Å². The third-order valence-electron chi connectivity index (χ3n) is 1.99. The molecule has 0 aliphatic rings. The highest BCUT2D eigenvalue weighted by Crippen LogP contribution is 2.03. The Kier molecular flexibility index (Phi) is 5.32. The molecule has 0 bridgehead atoms. The Morgan fingerprint density at radius 3 is 2.81 bits per heavy atom. The van der Waals surface area contributed by atoms with Gasteiger partial charge in [0.15, 0.2) is 6.29 Å². The molecule has 1 aromatic carbocycles. The summed E-state index contributed by atoms with van der Waals surface area (Å²) < 4.78 is 5.25. The van der Waals surface area contributed by atoms with Gasteiger partial charge in [-0.25, -0.2) is 0 Å². The number of nitrogens with one attached hydrogen (secondary N) is 1. The van der Waals surface area contributed by atoms with Crippen LogP contribution in [0.25, 0.3) is 0 Å². The van der Waals surface area contributed by atoms with Gasteiger partial charge in [0.2, 0.25) is 0 Å². The van der Waals surface area contributed by atoms with Crippen LogP contribution in [0.3, 0.4) is 0 Å². The van der Waals surface area contributed by atoms with Gasteiger partial charge in [-0.3, -0.25) is 0 Å². The second kappa shape index (κ2) is 6.82. The van der Waals surface area contributed by atoms with Crippen LogP contribution in [-0.4, -0.2) is 11.4 Å². The van der Waals surface area contributed by atoms with Gasteiger partial charge < -0.3 is 15.2 Å². The van der Waals surface area contributed by atoms with E-state index in [1.165, 1.54) is 0 Å². The Balaban J connectivity index is 2.38. The Morgan fingerprint density at radius 2 is 2.19 bits per heavy atom. The first-order valence-electron chi connectivity index (χ1n) is 5.12. The van der Waals surface area contributed by atoms with Gasteiger partial charge in [0.1, 0.15) is 0 Å². The summed E-state index contributed by atoms with van der Waals surface area (Å²) in [5.74, 6) is 0. The first kappa shape index (κ1) is 12.5. The molecule has 0 aliphatic heterocycles. The molecule has 3 heteroatoms. The molecule has 1 atom stereocenters. The predicted molar refractivity (Wildman–Crippen MR) is 64.3 cm³/mol. The van der Waals surface area contributed by atoms with Crippen LogP contribution in [0, 0.1) is 0 Å². The Morgan fingerprint density at radius 1 is 1.50 bits per heavy atom. The van der Waals surface area contributed by atoms with Gasteiger partial charge in [-0.2, -0.15) is 0 Å². The fourth-order valence-corrected chi connectivity index (χ4v) is 1.23. The Labute approximate surface area is 96.1 Å². The van der Waals surface area contributed by atoms with E-state index in [2.05, 4.69) is 11.9 Å². The average molecular weight is 219 g/mol. The minimum Gasteiger partial charge on any atom is -0.366 e. The largest absolute Gasteiger partial charge is 0.366 e. The van der Waals surface area contributed by atoms with E-state index in [0.717, 1.165) is 11.3 Å². The molecule has 0 saturated carbocycles. The molecule has 1 rings (SSSR count). The number of hydrogen-bond acceptors (Lipinski definition) is 3. The molecule has 1 unspecified atom stereocenters. The second-order valence-electron chi connectivity index (χ2n) is 3.39. The quantitative estimate of drug-likeness (QED) is 0.720. The summed E-state index contributed by atoms with van der Waals surface area (Å²) in [6.45, 7) is 5.75. The molecule has 0 spiro atoms. The molecule has 0 fully saturated rings. The SMILES string of the molecule is C=CN/C(C)=C\C(O)OCc1ccccc1. The molecule has 0 amide bonds. The number of ether oxygens (including phenoxy) is 1. The van der Waals surface area contributed by atoms with Crippen LogP contribution in [-0.2, 0) is 11.3 Å². The first-order chi connectivity index (χ1) is 7.72. The topological polar surface area (TPSA) is 41.5 Å². The van der Waals surface area contributed by atoms with Gasteiger partial charge in [-0.05, 0) is 24.8 Å². The smallest absolute Gasteiger partial charge is 0.176 e. The zero-order valence-corrected chi connectivity index (χ0v) is 9.39. The third-order valence-corrected chi connectivity index (χ3v) is 1.99. The fourth-order valence-electron chi connectivity index (χ4n) is 1.23. The zero-order chi connectivity index (χ0) is 11.8. The summed E-state index contributed by atoms with van der Waals surface area (Å²) in [6.07, 6.45) is 2.23. The number of hydrogen-bond donors (Lipinski definition) is 2. The molecule has 0 saturated heterocycles. The van der Waals surface area contributed by atoms with Crippen molar-refractivity contribution in [2.24, 2.45) is 0 Å². The summed E-state index contributed by atoms with van der Waals surface area (Å²) in [4.78, 5) is 0. The predicted octanol–water partition coefficient (Wildman–Crippen LogP) is 2.16. The van der Waals surface area contributed by atoms with Gasteiger partial charge in [-0.15, -0.1) is 0 Å². The number of benzene rings is 1. The molecule has 0 heterocycles. The van der Waals surface area contributed by atoms with Gasteiger partial charge >= 0.3 is 0 Å². The van der Waals surface area contributed by atoms with E-state index in [1.807, 2.05) is 37.3 Å². The van der Waals surface area contributed by atoms with Gasteiger partial charge in [0.25, 0.3) is 0 Å². The van der Waals surface area contributed by atoms with Crippen molar-refractivity contribution in [2.75, 3.05) is 0 Å². The maximum atomic E-state index is 9.53. The molecule has 0 aliphatic carbocycles. The maximum absolute atomic E-state index is 9.53. The summed E-state index contributed by atoms with van der Waals surface area (Å²) in [7, 11) is 0. The lowest BCUT2D eigenvalue weighted by Gasteiger charge is -2.09. The zero-order valence-electron chi connectivity index (χ0n) is 9.39. The van der Waals surface area contributed by atoms with E-state index in [0.29, 0.717) is 6.61 Å². The van der Waals surface area contributed by atoms with E-state index in [9.17, 15) is 5.11 Å². The normalized spacial score (nSPS) is 13.2. The summed E-state index contributed by atoms with van der Waals surface area (Å²) >= 11 is 0. The van der Waals surface area contributed by atoms with Gasteiger partial charge in [0.05, 0.1) is 6.61 Å². The Hall–Kier alpha value is -1.58. The van der Waals surface area contributed by atoms with Crippen molar-refractivity contribution in [3.8, 4) is 0 Å². The molecule has 0 aromatic heterocycles. The van der Waals surface area contributed by atoms with Crippen LogP contribution in [0.4, 0.5) is 0 Å². The van der Waals surface area contributed by atoms with E-state index in [-0.39, 0.29) is 0 Å². The number of aliphatic hydroxyl groups is 1. The van der Waals surface area contributed by atoms with Crippen LogP contribution in [0.1, 0.15) is 12.5 Å². The van der Waals surface area contributed by atoms with Crippen molar-refractivity contribution in [3.63, 3.8) is 0 Å². The molecule has 0 radical (unpaired) electrons. The van der Waals surface area contributed by atoms with Crippen molar-refractivity contribution in [1.29, 1.82) is 0 Å². The van der Waals surface area contributed by atoms with E-state index >= 15 is 0 Å². The minimum absolute atomic E-state index is 0.389. The summed E-state index contributed by atoms with van der Waals surface area (Å²) in [6, 6.07) is 9.71. The lowest BCUT2D eigenvalue weighted by atomic mass is 10.2.